The number of carbonyl (C=O) groups is 1. The molecule has 1 amide bonds. The second-order valence-corrected chi connectivity index (χ2v) is 9.41. The molecule has 6 nitrogen and oxygen atoms in total. The van der Waals surface area contributed by atoms with Gasteiger partial charge in [0, 0.05) is 43.6 Å². The molecule has 4 rings (SSSR count). The zero-order valence-electron chi connectivity index (χ0n) is 21.4. The summed E-state index contributed by atoms with van der Waals surface area (Å²) in [6.45, 7) is 5.50. The SMILES string of the molecule is CCCN1CCC(N(Cc2cccc(Nc3ccncn3)c2)C(=O)/C=C/c2ccc(C(F)(F)F)cc2)CC1. The van der Waals surface area contributed by atoms with Crippen LogP contribution in [0.15, 0.2) is 73.2 Å². The number of rotatable bonds is 9. The van der Waals surface area contributed by atoms with Gasteiger partial charge in [-0.25, -0.2) is 9.97 Å². The third-order valence-electron chi connectivity index (χ3n) is 6.61. The Morgan fingerprint density at radius 3 is 2.55 bits per heavy atom. The fourth-order valence-corrected chi connectivity index (χ4v) is 4.66. The van der Waals surface area contributed by atoms with Gasteiger partial charge in [0.05, 0.1) is 5.56 Å². The van der Waals surface area contributed by atoms with Crippen molar-refractivity contribution in [2.45, 2.75) is 44.9 Å². The molecule has 200 valence electrons. The number of piperidine rings is 1. The van der Waals surface area contributed by atoms with Crippen molar-refractivity contribution in [1.29, 1.82) is 0 Å². The van der Waals surface area contributed by atoms with Crippen molar-refractivity contribution >= 4 is 23.5 Å². The smallest absolute Gasteiger partial charge is 0.340 e. The summed E-state index contributed by atoms with van der Waals surface area (Å²) in [5.74, 6) is 0.515. The lowest BCUT2D eigenvalue weighted by Gasteiger charge is -2.38. The van der Waals surface area contributed by atoms with Crippen LogP contribution in [-0.4, -0.2) is 51.4 Å². The Kier molecular flexibility index (Phi) is 9.12. The summed E-state index contributed by atoms with van der Waals surface area (Å²) >= 11 is 0. The fourth-order valence-electron chi connectivity index (χ4n) is 4.66. The van der Waals surface area contributed by atoms with Gasteiger partial charge < -0.3 is 15.1 Å². The molecule has 3 aromatic rings. The van der Waals surface area contributed by atoms with Crippen LogP contribution in [0.2, 0.25) is 0 Å². The van der Waals surface area contributed by atoms with Crippen molar-refractivity contribution in [2.75, 3.05) is 25.0 Å². The molecule has 38 heavy (non-hydrogen) atoms. The molecule has 1 fully saturated rings. The largest absolute Gasteiger partial charge is 0.416 e. The topological polar surface area (TPSA) is 61.4 Å². The monoisotopic (exact) mass is 523 g/mol. The van der Waals surface area contributed by atoms with E-state index in [-0.39, 0.29) is 11.9 Å². The lowest BCUT2D eigenvalue weighted by atomic mass is 10.0. The molecule has 2 aromatic carbocycles. The molecule has 1 aromatic heterocycles. The Hall–Kier alpha value is -3.72. The van der Waals surface area contributed by atoms with E-state index in [4.69, 9.17) is 0 Å². The van der Waals surface area contributed by atoms with Crippen molar-refractivity contribution in [3.05, 3.63) is 89.9 Å². The third kappa shape index (κ3) is 7.64. The highest BCUT2D eigenvalue weighted by Gasteiger charge is 2.30. The number of hydrogen-bond donors (Lipinski definition) is 1. The zero-order valence-corrected chi connectivity index (χ0v) is 21.4. The van der Waals surface area contributed by atoms with Gasteiger partial charge >= 0.3 is 6.18 Å². The molecular formula is C29H32F3N5O. The highest BCUT2D eigenvalue weighted by atomic mass is 19.4. The van der Waals surface area contributed by atoms with Crippen LogP contribution in [0.5, 0.6) is 0 Å². The summed E-state index contributed by atoms with van der Waals surface area (Å²) in [5.41, 5.74) is 1.65. The molecule has 9 heteroatoms. The van der Waals surface area contributed by atoms with E-state index in [0.717, 1.165) is 62.3 Å². The van der Waals surface area contributed by atoms with Crippen molar-refractivity contribution in [2.24, 2.45) is 0 Å². The fraction of sp³-hybridized carbons (Fsp3) is 0.345. The summed E-state index contributed by atoms with van der Waals surface area (Å²) in [5, 5.41) is 3.25. The highest BCUT2D eigenvalue weighted by Crippen LogP contribution is 2.29. The van der Waals surface area contributed by atoms with Crippen LogP contribution >= 0.6 is 0 Å². The van der Waals surface area contributed by atoms with E-state index in [1.54, 1.807) is 18.3 Å². The van der Waals surface area contributed by atoms with Gasteiger partial charge in [0.15, 0.2) is 0 Å². The van der Waals surface area contributed by atoms with E-state index in [0.29, 0.717) is 17.9 Å². The molecule has 1 saturated heterocycles. The van der Waals surface area contributed by atoms with E-state index in [9.17, 15) is 18.0 Å². The average molecular weight is 524 g/mol. The van der Waals surface area contributed by atoms with E-state index in [1.807, 2.05) is 29.2 Å². The average Bonchev–Trinajstić information content (AvgIpc) is 2.92. The third-order valence-corrected chi connectivity index (χ3v) is 6.61. The predicted octanol–water partition coefficient (Wildman–Crippen LogP) is 6.16. The first-order valence-electron chi connectivity index (χ1n) is 12.8. The Balaban J connectivity index is 1.50. The van der Waals surface area contributed by atoms with Gasteiger partial charge in [0.2, 0.25) is 5.91 Å². The molecule has 0 spiro atoms. The summed E-state index contributed by atoms with van der Waals surface area (Å²) in [7, 11) is 0. The van der Waals surface area contributed by atoms with Gasteiger partial charge in [-0.2, -0.15) is 13.2 Å². The van der Waals surface area contributed by atoms with Crippen LogP contribution in [0.1, 0.15) is 42.9 Å². The number of alkyl halides is 3. The predicted molar refractivity (Wildman–Crippen MR) is 143 cm³/mol. The van der Waals surface area contributed by atoms with Gasteiger partial charge in [-0.3, -0.25) is 4.79 Å². The molecule has 0 unspecified atom stereocenters. The zero-order chi connectivity index (χ0) is 27.0. The molecule has 1 N–H and O–H groups in total. The normalized spacial score (nSPS) is 15.1. The standard InChI is InChI=1S/C29H32F3N5O/c1-2-16-36-17-13-26(14-18-36)37(28(38)11-8-22-6-9-24(10-7-22)29(30,31)32)20-23-4-3-5-25(19-23)35-27-12-15-33-21-34-27/h3-12,15,19,21,26H,2,13-14,16-18,20H2,1H3,(H,33,34,35)/b11-8+. The van der Waals surface area contributed by atoms with Gasteiger partial charge in [0.1, 0.15) is 12.1 Å². The minimum absolute atomic E-state index is 0.0753. The number of halogens is 3. The van der Waals surface area contributed by atoms with Crippen molar-refractivity contribution < 1.29 is 18.0 Å². The number of aromatic nitrogens is 2. The number of benzene rings is 2. The van der Waals surface area contributed by atoms with Crippen molar-refractivity contribution in [3.8, 4) is 0 Å². The van der Waals surface area contributed by atoms with Crippen molar-refractivity contribution in [1.82, 2.24) is 19.8 Å². The van der Waals surface area contributed by atoms with Crippen LogP contribution < -0.4 is 5.32 Å². The lowest BCUT2D eigenvalue weighted by molar-refractivity contribution is -0.137. The van der Waals surface area contributed by atoms with Crippen molar-refractivity contribution in [3.63, 3.8) is 0 Å². The van der Waals surface area contributed by atoms with Crippen LogP contribution in [0.25, 0.3) is 6.08 Å². The molecule has 0 aliphatic carbocycles. The minimum atomic E-state index is -4.39. The second-order valence-electron chi connectivity index (χ2n) is 9.41. The summed E-state index contributed by atoms with van der Waals surface area (Å²) in [4.78, 5) is 25.9. The summed E-state index contributed by atoms with van der Waals surface area (Å²) in [6.07, 6.45) is 4.62. The van der Waals surface area contributed by atoms with E-state index >= 15 is 0 Å². The Bertz CT molecular complexity index is 1210. The maximum atomic E-state index is 13.4. The maximum absolute atomic E-state index is 13.4. The summed E-state index contributed by atoms with van der Waals surface area (Å²) in [6, 6.07) is 14.5. The number of nitrogens with zero attached hydrogens (tertiary/aromatic N) is 4. The molecule has 2 heterocycles. The van der Waals surface area contributed by atoms with Crippen LogP contribution in [0.4, 0.5) is 24.7 Å². The number of anilines is 2. The first kappa shape index (κ1) is 27.3. The first-order chi connectivity index (χ1) is 18.3. The quantitative estimate of drug-likeness (QED) is 0.341. The summed E-state index contributed by atoms with van der Waals surface area (Å²) < 4.78 is 38.7. The Morgan fingerprint density at radius 1 is 1.13 bits per heavy atom. The second kappa shape index (κ2) is 12.7. The molecule has 0 bridgehead atoms. The van der Waals surface area contributed by atoms with Gasteiger partial charge in [0.25, 0.3) is 0 Å². The number of amides is 1. The number of nitrogens with one attached hydrogen (secondary N) is 1. The molecule has 0 radical (unpaired) electrons. The highest BCUT2D eigenvalue weighted by molar-refractivity contribution is 5.92. The lowest BCUT2D eigenvalue weighted by Crippen LogP contribution is -2.46. The van der Waals surface area contributed by atoms with Crippen LogP contribution in [0.3, 0.4) is 0 Å². The van der Waals surface area contributed by atoms with Gasteiger partial charge in [-0.15, -0.1) is 0 Å². The molecule has 0 saturated carbocycles. The Labute approximate surface area is 221 Å². The van der Waals surface area contributed by atoms with E-state index in [2.05, 4.69) is 27.1 Å². The van der Waals surface area contributed by atoms with Crippen LogP contribution in [0, 0.1) is 0 Å². The molecule has 0 atom stereocenters. The Morgan fingerprint density at radius 2 is 1.89 bits per heavy atom. The molecule has 1 aliphatic rings. The minimum Gasteiger partial charge on any atom is -0.340 e. The van der Waals surface area contributed by atoms with E-state index < -0.39 is 11.7 Å². The number of hydrogen-bond acceptors (Lipinski definition) is 5. The van der Waals surface area contributed by atoms with Crippen LogP contribution in [-0.2, 0) is 17.5 Å². The number of carbonyl (C=O) groups excluding carboxylic acids is 1. The van der Waals surface area contributed by atoms with Gasteiger partial charge in [-0.05, 0) is 73.3 Å². The van der Waals surface area contributed by atoms with E-state index in [1.165, 1.54) is 24.5 Å². The molecular weight excluding hydrogens is 491 g/mol. The molecule has 1 aliphatic heterocycles. The maximum Gasteiger partial charge on any atom is 0.416 e. The number of likely N-dealkylation sites (tertiary alicyclic amines) is 1. The first-order valence-corrected chi connectivity index (χ1v) is 12.8. The van der Waals surface area contributed by atoms with Gasteiger partial charge in [-0.1, -0.05) is 31.2 Å².